The third-order valence-electron chi connectivity index (χ3n) is 5.54. The summed E-state index contributed by atoms with van der Waals surface area (Å²) in [5.74, 6) is 3.00. The number of rotatable bonds is 14. The van der Waals surface area contributed by atoms with Crippen molar-refractivity contribution in [2.75, 3.05) is 6.61 Å². The summed E-state index contributed by atoms with van der Waals surface area (Å²) in [5, 5.41) is 19.2. The van der Waals surface area contributed by atoms with Crippen LogP contribution in [0.5, 0.6) is 0 Å². The Labute approximate surface area is 164 Å². The number of Topliss-reactive ketones (excluding diaryl/α,β-unsaturated/α-hetero) is 2. The number of carbonyl (C=O) groups is 2. The maximum absolute atomic E-state index is 12.2. The first kappa shape index (κ1) is 23.6. The van der Waals surface area contributed by atoms with Gasteiger partial charge in [-0.3, -0.25) is 9.59 Å². The maximum Gasteiger partial charge on any atom is 0.158 e. The number of ketones is 2. The first-order valence-corrected chi connectivity index (χ1v) is 10.5. The minimum Gasteiger partial charge on any atom is -0.389 e. The van der Waals surface area contributed by atoms with E-state index >= 15 is 0 Å². The van der Waals surface area contributed by atoms with Gasteiger partial charge in [-0.1, -0.05) is 31.8 Å². The summed E-state index contributed by atoms with van der Waals surface area (Å²) < 4.78 is 0. The minimum absolute atomic E-state index is 0.106. The zero-order valence-corrected chi connectivity index (χ0v) is 16.8. The van der Waals surface area contributed by atoms with Crippen LogP contribution >= 0.6 is 0 Å². The van der Waals surface area contributed by atoms with Gasteiger partial charge in [0.2, 0.25) is 0 Å². The highest BCUT2D eigenvalue weighted by atomic mass is 16.3. The SMILES string of the molecule is C#CC(O)(CCCC)CCC[C@H]1CCC(=O)C1=CCCCCCC(=O)CO. The Bertz CT molecular complexity index is 543. The highest BCUT2D eigenvalue weighted by Gasteiger charge is 2.29. The summed E-state index contributed by atoms with van der Waals surface area (Å²) in [6, 6.07) is 0. The second-order valence-corrected chi connectivity index (χ2v) is 7.79. The summed E-state index contributed by atoms with van der Waals surface area (Å²) in [6.45, 7) is 1.72. The highest BCUT2D eigenvalue weighted by Crippen LogP contribution is 2.34. The zero-order valence-electron chi connectivity index (χ0n) is 16.8. The Kier molecular flexibility index (Phi) is 11.2. The van der Waals surface area contributed by atoms with Gasteiger partial charge >= 0.3 is 0 Å². The molecule has 0 saturated heterocycles. The Morgan fingerprint density at radius 1 is 1.26 bits per heavy atom. The molecular formula is C23H36O4. The van der Waals surface area contributed by atoms with E-state index in [1.54, 1.807) is 0 Å². The van der Waals surface area contributed by atoms with Gasteiger partial charge in [0, 0.05) is 12.8 Å². The van der Waals surface area contributed by atoms with E-state index in [4.69, 9.17) is 11.5 Å². The molecule has 1 fully saturated rings. The number of allylic oxidation sites excluding steroid dienone is 2. The molecule has 0 aromatic rings. The lowest BCUT2D eigenvalue weighted by Crippen LogP contribution is -2.26. The molecule has 0 aromatic heterocycles. The molecule has 4 nitrogen and oxygen atoms in total. The zero-order chi connectivity index (χ0) is 20.1. The van der Waals surface area contributed by atoms with Crippen molar-refractivity contribution >= 4 is 11.6 Å². The smallest absolute Gasteiger partial charge is 0.158 e. The number of carbonyl (C=O) groups excluding carboxylic acids is 2. The van der Waals surface area contributed by atoms with Crippen molar-refractivity contribution in [3.8, 4) is 12.3 Å². The summed E-state index contributed by atoms with van der Waals surface area (Å²) >= 11 is 0. The van der Waals surface area contributed by atoms with Crippen molar-refractivity contribution in [1.82, 2.24) is 0 Å². The van der Waals surface area contributed by atoms with E-state index in [2.05, 4.69) is 18.9 Å². The van der Waals surface area contributed by atoms with E-state index in [1.807, 2.05) is 0 Å². The average Bonchev–Trinajstić information content (AvgIpc) is 3.02. The Morgan fingerprint density at radius 2 is 2.00 bits per heavy atom. The Morgan fingerprint density at radius 3 is 2.67 bits per heavy atom. The van der Waals surface area contributed by atoms with Crippen LogP contribution < -0.4 is 0 Å². The third-order valence-corrected chi connectivity index (χ3v) is 5.54. The van der Waals surface area contributed by atoms with Gasteiger partial charge in [0.25, 0.3) is 0 Å². The third kappa shape index (κ3) is 8.86. The fourth-order valence-electron chi connectivity index (χ4n) is 3.77. The first-order chi connectivity index (χ1) is 13.0. The molecule has 1 aliphatic rings. The molecular weight excluding hydrogens is 340 g/mol. The summed E-state index contributed by atoms with van der Waals surface area (Å²) in [6.07, 6.45) is 18.0. The van der Waals surface area contributed by atoms with Gasteiger partial charge in [0.1, 0.15) is 12.2 Å². The maximum atomic E-state index is 12.2. The van der Waals surface area contributed by atoms with Gasteiger partial charge in [-0.25, -0.2) is 0 Å². The second-order valence-electron chi connectivity index (χ2n) is 7.79. The fraction of sp³-hybridized carbons (Fsp3) is 0.739. The molecule has 0 amide bonds. The number of terminal acetylenes is 1. The fourth-order valence-corrected chi connectivity index (χ4v) is 3.77. The molecule has 0 heterocycles. The first-order valence-electron chi connectivity index (χ1n) is 10.5. The van der Waals surface area contributed by atoms with Crippen molar-refractivity contribution in [3.05, 3.63) is 11.6 Å². The molecule has 27 heavy (non-hydrogen) atoms. The quantitative estimate of drug-likeness (QED) is 0.272. The molecule has 1 aliphatic carbocycles. The summed E-state index contributed by atoms with van der Waals surface area (Å²) in [7, 11) is 0. The lowest BCUT2D eigenvalue weighted by molar-refractivity contribution is -0.121. The van der Waals surface area contributed by atoms with Crippen molar-refractivity contribution < 1.29 is 19.8 Å². The lowest BCUT2D eigenvalue weighted by atomic mass is 9.88. The van der Waals surface area contributed by atoms with Crippen molar-refractivity contribution in [2.24, 2.45) is 5.92 Å². The highest BCUT2D eigenvalue weighted by molar-refractivity contribution is 5.98. The van der Waals surface area contributed by atoms with Crippen molar-refractivity contribution in [3.63, 3.8) is 0 Å². The molecule has 0 radical (unpaired) electrons. The van der Waals surface area contributed by atoms with Crippen LogP contribution in [0.1, 0.15) is 90.4 Å². The van der Waals surface area contributed by atoms with E-state index in [1.165, 1.54) is 0 Å². The molecule has 1 saturated carbocycles. The van der Waals surface area contributed by atoms with Crippen LogP contribution in [0, 0.1) is 18.3 Å². The predicted octanol–water partition coefficient (Wildman–Crippen LogP) is 4.13. The number of hydrogen-bond acceptors (Lipinski definition) is 4. The number of aliphatic hydroxyl groups is 2. The number of hydrogen-bond donors (Lipinski definition) is 2. The molecule has 0 aliphatic heterocycles. The second kappa shape index (κ2) is 12.9. The standard InChI is InChI=1S/C23H36O4/c1-3-5-16-23(27,4-2)17-10-11-19-14-15-22(26)21(19)13-9-7-6-8-12-20(25)18-24/h2,13,19,24,27H,3,5-12,14-18H2,1H3/t19-,23?/m0/s1. The lowest BCUT2D eigenvalue weighted by Gasteiger charge is -2.22. The van der Waals surface area contributed by atoms with E-state index in [0.29, 0.717) is 31.6 Å². The van der Waals surface area contributed by atoms with Gasteiger partial charge in [0.15, 0.2) is 11.6 Å². The minimum atomic E-state index is -1.01. The van der Waals surface area contributed by atoms with Gasteiger partial charge in [-0.05, 0) is 69.3 Å². The predicted molar refractivity (Wildman–Crippen MR) is 108 cm³/mol. The summed E-state index contributed by atoms with van der Waals surface area (Å²) in [5.41, 5.74) is -0.0478. The normalized spacial score (nSPS) is 20.6. The molecule has 152 valence electrons. The number of unbranched alkanes of at least 4 members (excludes halogenated alkanes) is 4. The molecule has 1 unspecified atom stereocenters. The Balaban J connectivity index is 2.38. The van der Waals surface area contributed by atoms with E-state index in [-0.39, 0.29) is 18.2 Å². The van der Waals surface area contributed by atoms with Gasteiger partial charge in [-0.15, -0.1) is 6.42 Å². The van der Waals surface area contributed by atoms with Crippen molar-refractivity contribution in [1.29, 1.82) is 0 Å². The topological polar surface area (TPSA) is 74.6 Å². The van der Waals surface area contributed by atoms with Gasteiger partial charge in [0.05, 0.1) is 0 Å². The largest absolute Gasteiger partial charge is 0.389 e. The molecule has 4 heteroatoms. The van der Waals surface area contributed by atoms with Crippen molar-refractivity contribution in [2.45, 2.75) is 96.0 Å². The van der Waals surface area contributed by atoms with Crippen LogP contribution in [0.3, 0.4) is 0 Å². The van der Waals surface area contributed by atoms with E-state index in [9.17, 15) is 14.7 Å². The van der Waals surface area contributed by atoms with Gasteiger partial charge < -0.3 is 10.2 Å². The summed E-state index contributed by atoms with van der Waals surface area (Å²) in [4.78, 5) is 23.2. The molecule has 2 atom stereocenters. The van der Waals surface area contributed by atoms with Crippen LogP contribution in [0.4, 0.5) is 0 Å². The molecule has 0 bridgehead atoms. The number of aliphatic hydroxyl groups excluding tert-OH is 1. The molecule has 2 N–H and O–H groups in total. The molecule has 0 spiro atoms. The Hall–Kier alpha value is -1.44. The van der Waals surface area contributed by atoms with Crippen LogP contribution in [-0.4, -0.2) is 34.0 Å². The van der Waals surface area contributed by atoms with E-state index < -0.39 is 5.60 Å². The van der Waals surface area contributed by atoms with Crippen LogP contribution in [-0.2, 0) is 9.59 Å². The van der Waals surface area contributed by atoms with Crippen LogP contribution in [0.15, 0.2) is 11.6 Å². The van der Waals surface area contributed by atoms with Gasteiger partial charge in [-0.2, -0.15) is 0 Å². The average molecular weight is 377 g/mol. The monoisotopic (exact) mass is 376 g/mol. The molecule has 0 aromatic carbocycles. The van der Waals surface area contributed by atoms with Crippen LogP contribution in [0.25, 0.3) is 0 Å². The van der Waals surface area contributed by atoms with E-state index in [0.717, 1.165) is 63.4 Å². The molecule has 1 rings (SSSR count). The van der Waals surface area contributed by atoms with Crippen LogP contribution in [0.2, 0.25) is 0 Å².